The van der Waals surface area contributed by atoms with Crippen molar-refractivity contribution in [2.45, 2.75) is 26.2 Å². The van der Waals surface area contributed by atoms with Gasteiger partial charge in [0.25, 0.3) is 5.91 Å². The summed E-state index contributed by atoms with van der Waals surface area (Å²) in [5, 5.41) is 6.70. The Hall–Kier alpha value is -3.02. The third kappa shape index (κ3) is 4.29. The molecule has 2 aromatic carbocycles. The van der Waals surface area contributed by atoms with Crippen molar-refractivity contribution in [2.75, 3.05) is 5.32 Å². The predicted molar refractivity (Wildman–Crippen MR) is 92.0 cm³/mol. The molecule has 5 nitrogen and oxygen atoms in total. The molecule has 0 fully saturated rings. The van der Waals surface area contributed by atoms with Gasteiger partial charge in [0.2, 0.25) is 5.89 Å². The van der Waals surface area contributed by atoms with Gasteiger partial charge in [-0.3, -0.25) is 4.79 Å². The summed E-state index contributed by atoms with van der Waals surface area (Å²) in [5.41, 5.74) is 1.91. The van der Waals surface area contributed by atoms with Gasteiger partial charge in [0.15, 0.2) is 5.82 Å². The number of benzene rings is 2. The molecule has 1 aromatic heterocycles. The zero-order chi connectivity index (χ0) is 17.8. The van der Waals surface area contributed by atoms with E-state index in [2.05, 4.69) is 15.5 Å². The largest absolute Gasteiger partial charge is 0.339 e. The van der Waals surface area contributed by atoms with Crippen molar-refractivity contribution in [3.05, 3.63) is 77.2 Å². The first-order valence-electron chi connectivity index (χ1n) is 7.99. The fraction of sp³-hybridized carbons (Fsp3) is 0.211. The van der Waals surface area contributed by atoms with Crippen LogP contribution in [0.15, 0.2) is 53.1 Å². The lowest BCUT2D eigenvalue weighted by molar-refractivity contribution is 0.102. The van der Waals surface area contributed by atoms with Crippen molar-refractivity contribution < 1.29 is 13.7 Å². The van der Waals surface area contributed by atoms with Gasteiger partial charge in [-0.15, -0.1) is 0 Å². The van der Waals surface area contributed by atoms with Crippen molar-refractivity contribution in [2.24, 2.45) is 0 Å². The third-order valence-corrected chi connectivity index (χ3v) is 3.64. The van der Waals surface area contributed by atoms with Crippen LogP contribution < -0.4 is 5.32 Å². The molecule has 0 bridgehead atoms. The molecule has 0 spiro atoms. The molecular formula is C19H18FN3O2. The number of aromatic nitrogens is 2. The first-order chi connectivity index (χ1) is 12.0. The van der Waals surface area contributed by atoms with Crippen molar-refractivity contribution >= 4 is 11.6 Å². The summed E-state index contributed by atoms with van der Waals surface area (Å²) in [6, 6.07) is 12.9. The highest BCUT2D eigenvalue weighted by atomic mass is 19.1. The smallest absolute Gasteiger partial charge is 0.255 e. The minimum absolute atomic E-state index is 0.196. The van der Waals surface area contributed by atoms with Crippen LogP contribution in [-0.2, 0) is 6.42 Å². The molecule has 0 radical (unpaired) electrons. The highest BCUT2D eigenvalue weighted by molar-refractivity contribution is 6.04. The number of carbonyl (C=O) groups is 1. The fourth-order valence-electron chi connectivity index (χ4n) is 2.30. The van der Waals surface area contributed by atoms with Gasteiger partial charge in [-0.05, 0) is 35.9 Å². The number of amides is 1. The number of anilines is 1. The van der Waals surface area contributed by atoms with Crippen LogP contribution in [0.25, 0.3) is 0 Å². The second-order valence-corrected chi connectivity index (χ2v) is 6.04. The van der Waals surface area contributed by atoms with Crippen molar-refractivity contribution in [3.8, 4) is 0 Å². The first-order valence-corrected chi connectivity index (χ1v) is 7.99. The summed E-state index contributed by atoms with van der Waals surface area (Å²) < 4.78 is 18.4. The van der Waals surface area contributed by atoms with Gasteiger partial charge in [0.1, 0.15) is 5.82 Å². The topological polar surface area (TPSA) is 68.0 Å². The van der Waals surface area contributed by atoms with E-state index in [1.165, 1.54) is 18.2 Å². The second-order valence-electron chi connectivity index (χ2n) is 6.04. The molecule has 1 heterocycles. The maximum Gasteiger partial charge on any atom is 0.255 e. The van der Waals surface area contributed by atoms with Gasteiger partial charge in [-0.1, -0.05) is 37.2 Å². The Balaban J connectivity index is 1.64. The van der Waals surface area contributed by atoms with E-state index in [4.69, 9.17) is 4.52 Å². The molecule has 0 aliphatic carbocycles. The average Bonchev–Trinajstić information content (AvgIpc) is 3.05. The Labute approximate surface area is 144 Å². The Morgan fingerprint density at radius 2 is 1.96 bits per heavy atom. The van der Waals surface area contributed by atoms with E-state index in [0.29, 0.717) is 23.8 Å². The monoisotopic (exact) mass is 339 g/mol. The second kappa shape index (κ2) is 7.25. The van der Waals surface area contributed by atoms with Gasteiger partial charge in [-0.2, -0.15) is 4.98 Å². The van der Waals surface area contributed by atoms with Crippen LogP contribution in [0.2, 0.25) is 0 Å². The number of rotatable bonds is 5. The zero-order valence-electron chi connectivity index (χ0n) is 14.0. The van der Waals surface area contributed by atoms with Crippen molar-refractivity contribution in [1.29, 1.82) is 0 Å². The molecule has 0 saturated carbocycles. The lowest BCUT2D eigenvalue weighted by atomic mass is 10.1. The predicted octanol–water partition coefficient (Wildman–Crippen LogP) is 4.18. The fourth-order valence-corrected chi connectivity index (χ4v) is 2.30. The highest BCUT2D eigenvalue weighted by Crippen LogP contribution is 2.16. The number of carbonyl (C=O) groups excluding carboxylic acids is 1. The minimum atomic E-state index is -0.441. The molecule has 1 N–H and O–H groups in total. The SMILES string of the molecule is CC(C)c1nc(Cc2ccc(NC(=O)c3cccc(F)c3)cc2)no1. The summed E-state index contributed by atoms with van der Waals surface area (Å²) in [6.07, 6.45) is 0.550. The number of hydrogen-bond acceptors (Lipinski definition) is 4. The molecule has 0 aliphatic rings. The van der Waals surface area contributed by atoms with Crippen LogP contribution in [0.3, 0.4) is 0 Å². The van der Waals surface area contributed by atoms with Crippen LogP contribution in [0.5, 0.6) is 0 Å². The van der Waals surface area contributed by atoms with Crippen LogP contribution in [-0.4, -0.2) is 16.0 Å². The van der Waals surface area contributed by atoms with E-state index in [0.717, 1.165) is 5.56 Å². The van der Waals surface area contributed by atoms with Gasteiger partial charge in [0.05, 0.1) is 0 Å². The van der Waals surface area contributed by atoms with E-state index in [9.17, 15) is 9.18 Å². The van der Waals surface area contributed by atoms with Crippen molar-refractivity contribution in [1.82, 2.24) is 10.1 Å². The highest BCUT2D eigenvalue weighted by Gasteiger charge is 2.11. The maximum absolute atomic E-state index is 13.2. The number of hydrogen-bond donors (Lipinski definition) is 1. The molecule has 1 amide bonds. The van der Waals surface area contributed by atoms with Gasteiger partial charge >= 0.3 is 0 Å². The van der Waals surface area contributed by atoms with Crippen LogP contribution >= 0.6 is 0 Å². The molecule has 0 saturated heterocycles. The lowest BCUT2D eigenvalue weighted by Crippen LogP contribution is -2.12. The van der Waals surface area contributed by atoms with E-state index >= 15 is 0 Å². The number of nitrogens with one attached hydrogen (secondary N) is 1. The molecule has 128 valence electrons. The van der Waals surface area contributed by atoms with Crippen LogP contribution in [0, 0.1) is 5.82 Å². The summed E-state index contributed by atoms with van der Waals surface area (Å²) in [5.74, 6) is 0.645. The Bertz CT molecular complexity index is 872. The molecule has 25 heavy (non-hydrogen) atoms. The van der Waals surface area contributed by atoms with E-state index < -0.39 is 5.82 Å². The number of halogens is 1. The minimum Gasteiger partial charge on any atom is -0.339 e. The Kier molecular flexibility index (Phi) is 4.88. The Morgan fingerprint density at radius 3 is 2.60 bits per heavy atom. The summed E-state index contributed by atoms with van der Waals surface area (Å²) in [4.78, 5) is 16.4. The Morgan fingerprint density at radius 1 is 1.20 bits per heavy atom. The number of nitrogens with zero attached hydrogens (tertiary/aromatic N) is 2. The molecular weight excluding hydrogens is 321 g/mol. The molecule has 0 aliphatic heterocycles. The van der Waals surface area contributed by atoms with E-state index in [-0.39, 0.29) is 17.4 Å². The quantitative estimate of drug-likeness (QED) is 0.757. The molecule has 3 aromatic rings. The maximum atomic E-state index is 13.2. The summed E-state index contributed by atoms with van der Waals surface area (Å²) >= 11 is 0. The summed E-state index contributed by atoms with van der Waals surface area (Å²) in [6.45, 7) is 3.99. The van der Waals surface area contributed by atoms with Crippen LogP contribution in [0.1, 0.15) is 47.4 Å². The first kappa shape index (κ1) is 16.8. The third-order valence-electron chi connectivity index (χ3n) is 3.64. The molecule has 6 heteroatoms. The molecule has 0 atom stereocenters. The van der Waals surface area contributed by atoms with Gasteiger partial charge in [-0.25, -0.2) is 4.39 Å². The van der Waals surface area contributed by atoms with Crippen LogP contribution in [0.4, 0.5) is 10.1 Å². The molecule has 3 rings (SSSR count). The standard InChI is InChI=1S/C19H18FN3O2/c1-12(2)19-22-17(23-25-19)10-13-6-8-16(9-7-13)21-18(24)14-4-3-5-15(20)11-14/h3-9,11-12H,10H2,1-2H3,(H,21,24). The van der Waals surface area contributed by atoms with Crippen molar-refractivity contribution in [3.63, 3.8) is 0 Å². The zero-order valence-corrected chi connectivity index (χ0v) is 14.0. The average molecular weight is 339 g/mol. The lowest BCUT2D eigenvalue weighted by Gasteiger charge is -2.06. The van der Waals surface area contributed by atoms with Gasteiger partial charge < -0.3 is 9.84 Å². The van der Waals surface area contributed by atoms with E-state index in [1.807, 2.05) is 26.0 Å². The van der Waals surface area contributed by atoms with Gasteiger partial charge in [0, 0.05) is 23.6 Å². The molecule has 0 unspecified atom stereocenters. The van der Waals surface area contributed by atoms with E-state index in [1.54, 1.807) is 18.2 Å². The summed E-state index contributed by atoms with van der Waals surface area (Å²) in [7, 11) is 0. The normalized spacial score (nSPS) is 10.9.